The summed E-state index contributed by atoms with van der Waals surface area (Å²) in [4.78, 5) is 3.90. The Balaban J connectivity index is 3.04. The largest absolute Gasteiger partial charge is 0.326 e. The summed E-state index contributed by atoms with van der Waals surface area (Å²) in [6, 6.07) is 3.23. The molecule has 16 heavy (non-hydrogen) atoms. The van der Waals surface area contributed by atoms with Crippen molar-refractivity contribution in [1.29, 1.82) is 0 Å². The molecule has 0 fully saturated rings. The van der Waals surface area contributed by atoms with Gasteiger partial charge in [0.05, 0.1) is 6.04 Å². The van der Waals surface area contributed by atoms with E-state index in [1.807, 2.05) is 11.3 Å². The molecular formula is C13H24N2S. The Morgan fingerprint density at radius 2 is 2.00 bits per heavy atom. The number of thiophene rings is 1. The van der Waals surface area contributed by atoms with Crippen LogP contribution < -0.4 is 5.73 Å². The first-order valence-corrected chi connectivity index (χ1v) is 6.92. The van der Waals surface area contributed by atoms with Crippen molar-refractivity contribution < 1.29 is 0 Å². The number of hydrogen-bond donors (Lipinski definition) is 1. The number of hydrogen-bond acceptors (Lipinski definition) is 3. The molecule has 0 radical (unpaired) electrons. The molecule has 0 aromatic carbocycles. The highest BCUT2D eigenvalue weighted by Gasteiger charge is 2.26. The highest BCUT2D eigenvalue weighted by molar-refractivity contribution is 7.10. The summed E-state index contributed by atoms with van der Waals surface area (Å²) in [5.74, 6) is 0. The molecule has 1 heterocycles. The van der Waals surface area contributed by atoms with Gasteiger partial charge in [0.25, 0.3) is 0 Å². The maximum atomic E-state index is 6.18. The maximum Gasteiger partial charge on any atom is 0.0595 e. The van der Waals surface area contributed by atoms with Crippen molar-refractivity contribution in [3.05, 3.63) is 21.9 Å². The summed E-state index contributed by atoms with van der Waals surface area (Å²) in [7, 11) is 0. The van der Waals surface area contributed by atoms with Gasteiger partial charge in [0.1, 0.15) is 0 Å². The van der Waals surface area contributed by atoms with Crippen LogP contribution in [0, 0.1) is 6.92 Å². The third-order valence-corrected chi connectivity index (χ3v) is 4.14. The lowest BCUT2D eigenvalue weighted by Gasteiger charge is -2.36. The molecular weight excluding hydrogens is 216 g/mol. The molecule has 2 unspecified atom stereocenters. The topological polar surface area (TPSA) is 29.3 Å². The number of rotatable bonds is 5. The molecule has 1 rings (SSSR count). The van der Waals surface area contributed by atoms with E-state index in [0.29, 0.717) is 12.1 Å². The summed E-state index contributed by atoms with van der Waals surface area (Å²) in [6.07, 6.45) is 0. The molecule has 0 bridgehead atoms. The molecule has 0 spiro atoms. The van der Waals surface area contributed by atoms with Crippen molar-refractivity contribution in [3.8, 4) is 0 Å². The van der Waals surface area contributed by atoms with Crippen LogP contribution in [-0.2, 0) is 0 Å². The molecule has 1 aromatic rings. The molecule has 0 amide bonds. The van der Waals surface area contributed by atoms with E-state index in [1.165, 1.54) is 10.4 Å². The maximum absolute atomic E-state index is 6.18. The van der Waals surface area contributed by atoms with Gasteiger partial charge < -0.3 is 5.73 Å². The quantitative estimate of drug-likeness (QED) is 0.856. The van der Waals surface area contributed by atoms with Gasteiger partial charge in [0.2, 0.25) is 0 Å². The lowest BCUT2D eigenvalue weighted by atomic mass is 10.0. The summed E-state index contributed by atoms with van der Waals surface area (Å²) in [5, 5.41) is 2.16. The zero-order valence-electron chi connectivity index (χ0n) is 11.0. The molecule has 0 aliphatic heterocycles. The Hall–Kier alpha value is -0.380. The van der Waals surface area contributed by atoms with Crippen molar-refractivity contribution in [1.82, 2.24) is 4.90 Å². The van der Waals surface area contributed by atoms with E-state index in [-0.39, 0.29) is 6.04 Å². The van der Waals surface area contributed by atoms with Gasteiger partial charge in [0.15, 0.2) is 0 Å². The van der Waals surface area contributed by atoms with Crippen LogP contribution in [0.2, 0.25) is 0 Å². The van der Waals surface area contributed by atoms with Crippen LogP contribution in [0.3, 0.4) is 0 Å². The minimum absolute atomic E-state index is 0.166. The van der Waals surface area contributed by atoms with Crippen LogP contribution in [0.25, 0.3) is 0 Å². The monoisotopic (exact) mass is 240 g/mol. The molecule has 2 nitrogen and oxygen atoms in total. The second-order valence-corrected chi connectivity index (χ2v) is 5.64. The van der Waals surface area contributed by atoms with E-state index in [2.05, 4.69) is 51.0 Å². The molecule has 0 aliphatic rings. The SMILES string of the molecule is CCN(C(C)C)C(c1sccc1C)C(C)N. The van der Waals surface area contributed by atoms with Crippen LogP contribution >= 0.6 is 11.3 Å². The average molecular weight is 240 g/mol. The van der Waals surface area contributed by atoms with Gasteiger partial charge in [-0.15, -0.1) is 11.3 Å². The Morgan fingerprint density at radius 3 is 2.31 bits per heavy atom. The average Bonchev–Trinajstić information content (AvgIpc) is 2.59. The predicted octanol–water partition coefficient (Wildman–Crippen LogP) is 3.18. The fraction of sp³-hybridized carbons (Fsp3) is 0.692. The summed E-state index contributed by atoms with van der Waals surface area (Å²) in [6.45, 7) is 12.0. The lowest BCUT2D eigenvalue weighted by Crippen LogP contribution is -2.42. The van der Waals surface area contributed by atoms with Crippen LogP contribution in [0.4, 0.5) is 0 Å². The minimum atomic E-state index is 0.166. The second-order valence-electron chi connectivity index (χ2n) is 4.70. The Morgan fingerprint density at radius 1 is 1.38 bits per heavy atom. The number of nitrogens with two attached hydrogens (primary N) is 1. The predicted molar refractivity (Wildman–Crippen MR) is 73.0 cm³/mol. The highest BCUT2D eigenvalue weighted by Crippen LogP contribution is 2.31. The van der Waals surface area contributed by atoms with Gasteiger partial charge in [-0.2, -0.15) is 0 Å². The van der Waals surface area contributed by atoms with Gasteiger partial charge in [-0.1, -0.05) is 6.92 Å². The molecule has 0 aliphatic carbocycles. The molecule has 2 atom stereocenters. The first kappa shape index (κ1) is 13.7. The summed E-state index contributed by atoms with van der Waals surface area (Å²) in [5.41, 5.74) is 7.54. The van der Waals surface area contributed by atoms with E-state index in [1.54, 1.807) is 0 Å². The first-order valence-electron chi connectivity index (χ1n) is 6.04. The minimum Gasteiger partial charge on any atom is -0.326 e. The second kappa shape index (κ2) is 5.80. The summed E-state index contributed by atoms with van der Waals surface area (Å²) < 4.78 is 0. The Kier molecular flexibility index (Phi) is 4.96. The fourth-order valence-electron chi connectivity index (χ4n) is 2.26. The van der Waals surface area contributed by atoms with Crippen LogP contribution in [-0.4, -0.2) is 23.5 Å². The molecule has 0 saturated heterocycles. The van der Waals surface area contributed by atoms with E-state index < -0.39 is 0 Å². The number of likely N-dealkylation sites (N-methyl/N-ethyl adjacent to an activating group) is 1. The number of aryl methyl sites for hydroxylation is 1. The fourth-order valence-corrected chi connectivity index (χ4v) is 3.42. The molecule has 92 valence electrons. The smallest absolute Gasteiger partial charge is 0.0595 e. The molecule has 3 heteroatoms. The van der Waals surface area contributed by atoms with E-state index >= 15 is 0 Å². The van der Waals surface area contributed by atoms with Crippen molar-refractivity contribution in [2.45, 2.75) is 52.7 Å². The molecule has 1 aromatic heterocycles. The number of nitrogens with zero attached hydrogens (tertiary/aromatic N) is 1. The van der Waals surface area contributed by atoms with Gasteiger partial charge in [0, 0.05) is 17.0 Å². The van der Waals surface area contributed by atoms with Gasteiger partial charge in [-0.05, 0) is 51.2 Å². The van der Waals surface area contributed by atoms with Gasteiger partial charge >= 0.3 is 0 Å². The first-order chi connectivity index (χ1) is 7.49. The summed E-state index contributed by atoms with van der Waals surface area (Å²) >= 11 is 1.83. The van der Waals surface area contributed by atoms with Gasteiger partial charge in [-0.3, -0.25) is 4.90 Å². The third-order valence-electron chi connectivity index (χ3n) is 3.05. The van der Waals surface area contributed by atoms with Crippen molar-refractivity contribution in [2.75, 3.05) is 6.54 Å². The Bertz CT molecular complexity index is 317. The van der Waals surface area contributed by atoms with Crippen LogP contribution in [0.1, 0.15) is 44.2 Å². The van der Waals surface area contributed by atoms with Crippen LogP contribution in [0.15, 0.2) is 11.4 Å². The van der Waals surface area contributed by atoms with Crippen LogP contribution in [0.5, 0.6) is 0 Å². The van der Waals surface area contributed by atoms with E-state index in [9.17, 15) is 0 Å². The van der Waals surface area contributed by atoms with Crippen molar-refractivity contribution >= 4 is 11.3 Å². The molecule has 2 N–H and O–H groups in total. The highest BCUT2D eigenvalue weighted by atomic mass is 32.1. The Labute approximate surface area is 103 Å². The standard InChI is InChI=1S/C13H24N2S/c1-6-15(9(2)3)12(11(5)14)13-10(4)7-8-16-13/h7-9,11-12H,6,14H2,1-5H3. The zero-order valence-corrected chi connectivity index (χ0v) is 11.8. The van der Waals surface area contributed by atoms with Crippen molar-refractivity contribution in [3.63, 3.8) is 0 Å². The van der Waals surface area contributed by atoms with Crippen molar-refractivity contribution in [2.24, 2.45) is 5.73 Å². The third kappa shape index (κ3) is 2.84. The zero-order chi connectivity index (χ0) is 12.3. The van der Waals surface area contributed by atoms with E-state index in [0.717, 1.165) is 6.54 Å². The van der Waals surface area contributed by atoms with E-state index in [4.69, 9.17) is 5.73 Å². The van der Waals surface area contributed by atoms with Gasteiger partial charge in [-0.25, -0.2) is 0 Å². The molecule has 0 saturated carbocycles. The lowest BCUT2D eigenvalue weighted by molar-refractivity contribution is 0.146. The normalized spacial score (nSPS) is 15.8.